The monoisotopic (exact) mass is 164 g/mol. The second-order valence-corrected chi connectivity index (χ2v) is 2.47. The Hall–Kier alpha value is -1.58. The lowest BCUT2D eigenvalue weighted by molar-refractivity contribution is 0.775. The summed E-state index contributed by atoms with van der Waals surface area (Å²) in [7, 11) is 1.80. The maximum absolute atomic E-state index is 5.58. The van der Waals surface area contributed by atoms with Gasteiger partial charge in [0.05, 0.1) is 0 Å². The summed E-state index contributed by atoms with van der Waals surface area (Å²) in [5, 5.41) is 4.01. The van der Waals surface area contributed by atoms with E-state index in [1.807, 2.05) is 6.92 Å². The van der Waals surface area contributed by atoms with E-state index in [-0.39, 0.29) is 0 Å². The number of nitrogens with two attached hydrogens (primary N) is 1. The Morgan fingerprint density at radius 1 is 1.67 bits per heavy atom. The third kappa shape index (κ3) is 1.37. The van der Waals surface area contributed by atoms with Gasteiger partial charge in [0.2, 0.25) is 0 Å². The van der Waals surface area contributed by atoms with Crippen LogP contribution in [0.1, 0.15) is 5.56 Å². The number of rotatable bonds is 2. The highest BCUT2D eigenvalue weighted by Crippen LogP contribution is 2.21. The molecule has 0 fully saturated rings. The molecule has 0 radical (unpaired) electrons. The van der Waals surface area contributed by atoms with Crippen LogP contribution in [0.15, 0.2) is 17.6 Å². The zero-order valence-corrected chi connectivity index (χ0v) is 7.28. The lowest BCUT2D eigenvalue weighted by atomic mass is 10.3. The van der Waals surface area contributed by atoms with Crippen molar-refractivity contribution in [3.8, 4) is 0 Å². The van der Waals surface area contributed by atoms with Crippen molar-refractivity contribution in [3.05, 3.63) is 18.2 Å². The summed E-state index contributed by atoms with van der Waals surface area (Å²) in [6, 6.07) is 0. The molecule has 0 amide bonds. The van der Waals surface area contributed by atoms with Crippen molar-refractivity contribution in [2.45, 2.75) is 6.92 Å². The normalized spacial score (nSPS) is 10.8. The molecule has 0 atom stereocenters. The number of hydrogen-bond acceptors (Lipinski definition) is 3. The van der Waals surface area contributed by atoms with Crippen molar-refractivity contribution >= 4 is 17.9 Å². The highest BCUT2D eigenvalue weighted by Gasteiger charge is 2.06. The fourth-order valence-electron chi connectivity index (χ4n) is 0.945. The predicted molar refractivity (Wildman–Crippen MR) is 50.7 cm³/mol. The molecule has 0 aliphatic rings. The standard InChI is InChI=1S/C8H12N4/c1-4-5-10-8-6(2)7(9)11-12(8)3/h4-5H,1H2,2-3H3,(H2,9,11)/b10-5-. The maximum Gasteiger partial charge on any atom is 0.155 e. The second-order valence-electron chi connectivity index (χ2n) is 2.47. The Morgan fingerprint density at radius 2 is 2.33 bits per heavy atom. The van der Waals surface area contributed by atoms with E-state index in [1.165, 1.54) is 0 Å². The number of aliphatic imine (C=N–C) groups is 1. The molecule has 0 bridgehead atoms. The van der Waals surface area contributed by atoms with Crippen LogP contribution < -0.4 is 5.73 Å². The summed E-state index contributed by atoms with van der Waals surface area (Å²) in [5.74, 6) is 1.29. The van der Waals surface area contributed by atoms with Crippen LogP contribution in [0.5, 0.6) is 0 Å². The highest BCUT2D eigenvalue weighted by molar-refractivity contribution is 5.74. The van der Waals surface area contributed by atoms with Crippen LogP contribution in [0.25, 0.3) is 0 Å². The molecule has 4 heteroatoms. The zero-order valence-electron chi connectivity index (χ0n) is 7.28. The van der Waals surface area contributed by atoms with E-state index in [0.29, 0.717) is 5.82 Å². The summed E-state index contributed by atoms with van der Waals surface area (Å²) in [6.45, 7) is 5.42. The number of nitrogens with zero attached hydrogens (tertiary/aromatic N) is 3. The van der Waals surface area contributed by atoms with Crippen LogP contribution in [0.4, 0.5) is 11.6 Å². The number of hydrogen-bond donors (Lipinski definition) is 1. The fourth-order valence-corrected chi connectivity index (χ4v) is 0.945. The Balaban J connectivity index is 3.13. The first-order chi connectivity index (χ1) is 5.66. The minimum atomic E-state index is 0.522. The topological polar surface area (TPSA) is 56.2 Å². The summed E-state index contributed by atoms with van der Waals surface area (Å²) in [5.41, 5.74) is 6.48. The third-order valence-electron chi connectivity index (χ3n) is 1.59. The SMILES string of the molecule is C=C/C=N\c1c(C)c(N)nn1C. The van der Waals surface area contributed by atoms with E-state index in [2.05, 4.69) is 16.7 Å². The summed E-state index contributed by atoms with van der Waals surface area (Å²) < 4.78 is 1.64. The number of anilines is 1. The van der Waals surface area contributed by atoms with Crippen LogP contribution in [-0.4, -0.2) is 16.0 Å². The van der Waals surface area contributed by atoms with Gasteiger partial charge < -0.3 is 5.73 Å². The first kappa shape index (κ1) is 8.52. The van der Waals surface area contributed by atoms with Gasteiger partial charge in [-0.05, 0) is 6.92 Å². The average Bonchev–Trinajstić information content (AvgIpc) is 2.25. The Bertz CT molecular complexity index is 322. The van der Waals surface area contributed by atoms with Crippen molar-refractivity contribution in [3.63, 3.8) is 0 Å². The van der Waals surface area contributed by atoms with Crippen LogP contribution in [0.3, 0.4) is 0 Å². The van der Waals surface area contributed by atoms with E-state index in [9.17, 15) is 0 Å². The van der Waals surface area contributed by atoms with Gasteiger partial charge in [-0.1, -0.05) is 12.7 Å². The molecule has 0 aromatic carbocycles. The molecule has 1 rings (SSSR count). The van der Waals surface area contributed by atoms with Crippen molar-refractivity contribution in [2.24, 2.45) is 12.0 Å². The van der Waals surface area contributed by atoms with E-state index < -0.39 is 0 Å². The zero-order chi connectivity index (χ0) is 9.14. The molecule has 0 aliphatic heterocycles. The smallest absolute Gasteiger partial charge is 0.155 e. The van der Waals surface area contributed by atoms with Crippen molar-refractivity contribution < 1.29 is 0 Å². The highest BCUT2D eigenvalue weighted by atomic mass is 15.3. The van der Waals surface area contributed by atoms with E-state index >= 15 is 0 Å². The van der Waals surface area contributed by atoms with E-state index in [4.69, 9.17) is 5.73 Å². The Kier molecular flexibility index (Phi) is 2.28. The number of allylic oxidation sites excluding steroid dienone is 1. The first-order valence-corrected chi connectivity index (χ1v) is 3.61. The van der Waals surface area contributed by atoms with Gasteiger partial charge in [0, 0.05) is 18.8 Å². The molecule has 64 valence electrons. The van der Waals surface area contributed by atoms with Gasteiger partial charge >= 0.3 is 0 Å². The molecule has 0 saturated carbocycles. The molecule has 0 unspecified atom stereocenters. The van der Waals surface area contributed by atoms with Crippen molar-refractivity contribution in [1.82, 2.24) is 9.78 Å². The van der Waals surface area contributed by atoms with Crippen molar-refractivity contribution in [1.29, 1.82) is 0 Å². The molecule has 0 aliphatic carbocycles. The van der Waals surface area contributed by atoms with Gasteiger partial charge in [-0.2, -0.15) is 5.10 Å². The van der Waals surface area contributed by atoms with Crippen molar-refractivity contribution in [2.75, 3.05) is 5.73 Å². The second kappa shape index (κ2) is 3.21. The van der Waals surface area contributed by atoms with Gasteiger partial charge in [-0.15, -0.1) is 0 Å². The third-order valence-corrected chi connectivity index (χ3v) is 1.59. The summed E-state index contributed by atoms with van der Waals surface area (Å²) in [6.07, 6.45) is 3.23. The maximum atomic E-state index is 5.58. The molecule has 4 nitrogen and oxygen atoms in total. The Morgan fingerprint density at radius 3 is 2.75 bits per heavy atom. The largest absolute Gasteiger partial charge is 0.382 e. The first-order valence-electron chi connectivity index (χ1n) is 3.61. The molecule has 0 spiro atoms. The minimum absolute atomic E-state index is 0.522. The van der Waals surface area contributed by atoms with Crippen LogP contribution in [0, 0.1) is 6.92 Å². The molecular weight excluding hydrogens is 152 g/mol. The number of nitrogen functional groups attached to an aromatic ring is 1. The van der Waals surface area contributed by atoms with Gasteiger partial charge in [0.1, 0.15) is 0 Å². The Labute approximate surface area is 71.4 Å². The quantitative estimate of drug-likeness (QED) is 0.668. The number of aromatic nitrogens is 2. The van der Waals surface area contributed by atoms with Gasteiger partial charge in [0.25, 0.3) is 0 Å². The van der Waals surface area contributed by atoms with Crippen LogP contribution in [0.2, 0.25) is 0 Å². The average molecular weight is 164 g/mol. The molecule has 1 aromatic heterocycles. The fraction of sp³-hybridized carbons (Fsp3) is 0.250. The number of aryl methyl sites for hydroxylation is 1. The molecule has 12 heavy (non-hydrogen) atoms. The van der Waals surface area contributed by atoms with Gasteiger partial charge in [-0.25, -0.2) is 9.67 Å². The lowest BCUT2D eigenvalue weighted by Crippen LogP contribution is -1.91. The van der Waals surface area contributed by atoms with Gasteiger partial charge in [-0.3, -0.25) is 0 Å². The lowest BCUT2D eigenvalue weighted by Gasteiger charge is -1.93. The molecule has 1 heterocycles. The van der Waals surface area contributed by atoms with Crippen LogP contribution in [-0.2, 0) is 7.05 Å². The predicted octanol–water partition coefficient (Wildman–Crippen LogP) is 1.20. The minimum Gasteiger partial charge on any atom is -0.382 e. The summed E-state index contributed by atoms with van der Waals surface area (Å²) in [4.78, 5) is 4.12. The molecule has 2 N–H and O–H groups in total. The summed E-state index contributed by atoms with van der Waals surface area (Å²) >= 11 is 0. The molecule has 1 aromatic rings. The van der Waals surface area contributed by atoms with Gasteiger partial charge in [0.15, 0.2) is 11.6 Å². The van der Waals surface area contributed by atoms with Crippen LogP contribution >= 0.6 is 0 Å². The molecule has 0 saturated heterocycles. The van der Waals surface area contributed by atoms with E-state index in [1.54, 1.807) is 24.0 Å². The van der Waals surface area contributed by atoms with E-state index in [0.717, 1.165) is 11.4 Å². The molecular formula is C8H12N4.